The number of pyridine rings is 1. The van der Waals surface area contributed by atoms with Gasteiger partial charge in [-0.2, -0.15) is 0 Å². The highest BCUT2D eigenvalue weighted by Crippen LogP contribution is 2.41. The summed E-state index contributed by atoms with van der Waals surface area (Å²) in [5.41, 5.74) is 1.35. The molecule has 31 heavy (non-hydrogen) atoms. The SMILES string of the molecule is CC(C)(O)C1CCC(n2c(S(=O)(=O)c3ccccc3)nc3cnc4[nH]ccc4c32)CC1. The van der Waals surface area contributed by atoms with E-state index in [1.54, 1.807) is 36.5 Å². The highest BCUT2D eigenvalue weighted by atomic mass is 32.2. The maximum atomic E-state index is 13.6. The van der Waals surface area contributed by atoms with Crippen molar-refractivity contribution in [3.05, 3.63) is 48.8 Å². The van der Waals surface area contributed by atoms with Crippen LogP contribution in [0, 0.1) is 5.92 Å². The molecule has 0 radical (unpaired) electrons. The fourth-order valence-electron chi connectivity index (χ4n) is 4.84. The number of aromatic amines is 1. The van der Waals surface area contributed by atoms with E-state index in [-0.39, 0.29) is 22.0 Å². The van der Waals surface area contributed by atoms with Gasteiger partial charge in [-0.3, -0.25) is 0 Å². The molecule has 1 aromatic carbocycles. The van der Waals surface area contributed by atoms with Gasteiger partial charge >= 0.3 is 0 Å². The first-order valence-corrected chi connectivity index (χ1v) is 12.1. The summed E-state index contributed by atoms with van der Waals surface area (Å²) in [6.45, 7) is 3.70. The second kappa shape index (κ2) is 7.17. The number of nitrogens with one attached hydrogen (secondary N) is 1. The van der Waals surface area contributed by atoms with Crippen LogP contribution in [0.2, 0.25) is 0 Å². The third-order valence-corrected chi connectivity index (χ3v) is 8.22. The van der Waals surface area contributed by atoms with E-state index in [4.69, 9.17) is 0 Å². The van der Waals surface area contributed by atoms with Crippen LogP contribution in [0.4, 0.5) is 0 Å². The van der Waals surface area contributed by atoms with Gasteiger partial charge in [0.25, 0.3) is 0 Å². The van der Waals surface area contributed by atoms with Crippen molar-refractivity contribution in [1.82, 2.24) is 19.5 Å². The molecule has 3 aromatic heterocycles. The maximum Gasteiger partial charge on any atom is 0.240 e. The van der Waals surface area contributed by atoms with E-state index in [1.165, 1.54) is 0 Å². The van der Waals surface area contributed by atoms with Crippen LogP contribution in [0.25, 0.3) is 22.1 Å². The number of imidazole rings is 1. The quantitative estimate of drug-likeness (QED) is 0.496. The van der Waals surface area contributed by atoms with Gasteiger partial charge in [-0.1, -0.05) is 18.2 Å². The average molecular weight is 439 g/mol. The molecule has 0 spiro atoms. The lowest BCUT2D eigenvalue weighted by Crippen LogP contribution is -2.34. The third kappa shape index (κ3) is 3.34. The zero-order chi connectivity index (χ0) is 21.8. The molecule has 0 atom stereocenters. The Kier molecular flexibility index (Phi) is 4.67. The van der Waals surface area contributed by atoms with E-state index in [1.807, 2.05) is 30.7 Å². The van der Waals surface area contributed by atoms with Crippen molar-refractivity contribution < 1.29 is 13.5 Å². The maximum absolute atomic E-state index is 13.6. The molecule has 0 bridgehead atoms. The minimum absolute atomic E-state index is 0.0161. The number of nitrogens with zero attached hydrogens (tertiary/aromatic N) is 3. The van der Waals surface area contributed by atoms with Crippen molar-refractivity contribution in [2.24, 2.45) is 5.92 Å². The summed E-state index contributed by atoms with van der Waals surface area (Å²) in [6.07, 6.45) is 6.68. The van der Waals surface area contributed by atoms with Crippen molar-refractivity contribution in [1.29, 1.82) is 0 Å². The average Bonchev–Trinajstić information content (AvgIpc) is 3.38. The summed E-state index contributed by atoms with van der Waals surface area (Å²) in [5, 5.41) is 11.4. The Labute approximate surface area is 181 Å². The number of benzene rings is 1. The number of hydrogen-bond acceptors (Lipinski definition) is 5. The van der Waals surface area contributed by atoms with E-state index in [2.05, 4.69) is 15.0 Å². The summed E-state index contributed by atoms with van der Waals surface area (Å²) in [6, 6.07) is 10.4. The molecule has 1 aliphatic carbocycles. The van der Waals surface area contributed by atoms with Gasteiger partial charge in [0.05, 0.1) is 22.2 Å². The van der Waals surface area contributed by atoms with Gasteiger partial charge in [0, 0.05) is 17.6 Å². The smallest absolute Gasteiger partial charge is 0.240 e. The van der Waals surface area contributed by atoms with Crippen LogP contribution >= 0.6 is 0 Å². The Morgan fingerprint density at radius 1 is 1.10 bits per heavy atom. The van der Waals surface area contributed by atoms with Crippen molar-refractivity contribution in [3.63, 3.8) is 0 Å². The van der Waals surface area contributed by atoms with Gasteiger partial charge in [-0.25, -0.2) is 18.4 Å². The molecule has 3 heterocycles. The number of fused-ring (bicyclic) bond motifs is 3. The molecule has 4 aromatic rings. The molecular weight excluding hydrogens is 412 g/mol. The third-order valence-electron chi connectivity index (χ3n) is 6.56. The van der Waals surface area contributed by atoms with E-state index in [9.17, 15) is 13.5 Å². The van der Waals surface area contributed by atoms with Crippen LogP contribution in [0.15, 0.2) is 58.8 Å². The second-order valence-corrected chi connectivity index (χ2v) is 10.8. The fraction of sp³-hybridized carbons (Fsp3) is 0.391. The zero-order valence-electron chi connectivity index (χ0n) is 17.6. The Balaban J connectivity index is 1.70. The standard InChI is InChI=1S/C23H26N4O3S/c1-23(2,28)15-8-10-16(11-9-15)27-20-18-12-13-24-21(18)25-14-19(20)26-22(27)31(29,30)17-6-4-3-5-7-17/h3-7,12-16,28H,8-11H2,1-2H3,(H,24,25). The predicted molar refractivity (Wildman–Crippen MR) is 119 cm³/mol. The molecule has 1 saturated carbocycles. The van der Waals surface area contributed by atoms with Gasteiger partial charge in [0.2, 0.25) is 15.0 Å². The minimum Gasteiger partial charge on any atom is -0.390 e. The first kappa shape index (κ1) is 20.2. The molecule has 8 heteroatoms. The molecule has 0 amide bonds. The zero-order valence-corrected chi connectivity index (χ0v) is 18.4. The van der Waals surface area contributed by atoms with Gasteiger partial charge in [-0.15, -0.1) is 0 Å². The molecule has 0 saturated heterocycles. The van der Waals surface area contributed by atoms with Crippen LogP contribution in [-0.2, 0) is 9.84 Å². The van der Waals surface area contributed by atoms with Crippen LogP contribution < -0.4 is 0 Å². The molecule has 162 valence electrons. The number of aromatic nitrogens is 4. The lowest BCUT2D eigenvalue weighted by atomic mass is 9.77. The Hall–Kier alpha value is -2.71. The monoisotopic (exact) mass is 438 g/mol. The van der Waals surface area contributed by atoms with Crippen LogP contribution in [0.1, 0.15) is 45.6 Å². The van der Waals surface area contributed by atoms with E-state index >= 15 is 0 Å². The van der Waals surface area contributed by atoms with Crippen LogP contribution in [0.5, 0.6) is 0 Å². The lowest BCUT2D eigenvalue weighted by Gasteiger charge is -2.36. The number of aliphatic hydroxyl groups is 1. The van der Waals surface area contributed by atoms with Crippen molar-refractivity contribution in [3.8, 4) is 0 Å². The summed E-state index contributed by atoms with van der Waals surface area (Å²) >= 11 is 0. The Bertz CT molecular complexity index is 1340. The van der Waals surface area contributed by atoms with Gasteiger partial charge in [0.15, 0.2) is 0 Å². The molecular formula is C23H26N4O3S. The Morgan fingerprint density at radius 2 is 1.81 bits per heavy atom. The summed E-state index contributed by atoms with van der Waals surface area (Å²) < 4.78 is 29.1. The summed E-state index contributed by atoms with van der Waals surface area (Å²) in [5.74, 6) is 0.196. The van der Waals surface area contributed by atoms with Crippen LogP contribution in [0.3, 0.4) is 0 Å². The van der Waals surface area contributed by atoms with Gasteiger partial charge in [-0.05, 0) is 63.6 Å². The summed E-state index contributed by atoms with van der Waals surface area (Å²) in [7, 11) is -3.81. The fourth-order valence-corrected chi connectivity index (χ4v) is 6.29. The first-order chi connectivity index (χ1) is 14.8. The number of rotatable bonds is 4. The molecule has 1 fully saturated rings. The molecule has 5 rings (SSSR count). The van der Waals surface area contributed by atoms with Crippen LogP contribution in [-0.4, -0.2) is 38.6 Å². The van der Waals surface area contributed by atoms with Crippen molar-refractivity contribution in [2.45, 2.75) is 61.2 Å². The van der Waals surface area contributed by atoms with E-state index in [0.29, 0.717) is 11.2 Å². The summed E-state index contributed by atoms with van der Waals surface area (Å²) in [4.78, 5) is 12.3. The normalized spacial score (nSPS) is 20.5. The lowest BCUT2D eigenvalue weighted by molar-refractivity contribution is -0.00511. The molecule has 0 aliphatic heterocycles. The Morgan fingerprint density at radius 3 is 2.48 bits per heavy atom. The highest BCUT2D eigenvalue weighted by Gasteiger charge is 2.36. The van der Waals surface area contributed by atoms with E-state index in [0.717, 1.165) is 36.6 Å². The van der Waals surface area contributed by atoms with E-state index < -0.39 is 15.4 Å². The number of sulfone groups is 1. The largest absolute Gasteiger partial charge is 0.390 e. The first-order valence-electron chi connectivity index (χ1n) is 10.6. The minimum atomic E-state index is -3.81. The molecule has 7 nitrogen and oxygen atoms in total. The second-order valence-electron chi connectivity index (χ2n) is 8.97. The highest BCUT2D eigenvalue weighted by molar-refractivity contribution is 7.91. The number of hydrogen-bond donors (Lipinski definition) is 2. The van der Waals surface area contributed by atoms with Gasteiger partial charge < -0.3 is 14.7 Å². The molecule has 1 aliphatic rings. The molecule has 2 N–H and O–H groups in total. The van der Waals surface area contributed by atoms with Gasteiger partial charge in [0.1, 0.15) is 11.2 Å². The van der Waals surface area contributed by atoms with Crippen molar-refractivity contribution >= 4 is 31.9 Å². The van der Waals surface area contributed by atoms with Crippen molar-refractivity contribution in [2.75, 3.05) is 0 Å². The predicted octanol–water partition coefficient (Wildman–Crippen LogP) is 4.25. The number of H-pyrrole nitrogens is 1. The molecule has 0 unspecified atom stereocenters. The topological polar surface area (TPSA) is 101 Å².